The van der Waals surface area contributed by atoms with E-state index >= 15 is 0 Å². The van der Waals surface area contributed by atoms with Crippen LogP contribution in [0.15, 0.2) is 30.5 Å². The van der Waals surface area contributed by atoms with Crippen LogP contribution in [0.3, 0.4) is 0 Å². The Balaban J connectivity index is 1.32. The van der Waals surface area contributed by atoms with E-state index in [0.717, 1.165) is 18.9 Å². The Morgan fingerprint density at radius 1 is 1.15 bits per heavy atom. The molecule has 0 atom stereocenters. The van der Waals surface area contributed by atoms with E-state index in [-0.39, 0.29) is 19.4 Å². The van der Waals surface area contributed by atoms with Crippen LogP contribution in [0.4, 0.5) is 16.3 Å². The lowest BCUT2D eigenvalue weighted by atomic mass is 10.3. The number of rotatable bonds is 4. The highest BCUT2D eigenvalue weighted by molar-refractivity contribution is 5.89. The van der Waals surface area contributed by atoms with Gasteiger partial charge in [0.05, 0.1) is 19.8 Å². The third kappa shape index (κ3) is 3.77. The van der Waals surface area contributed by atoms with E-state index in [0.29, 0.717) is 36.2 Å². The molecule has 9 heteroatoms. The van der Waals surface area contributed by atoms with Gasteiger partial charge in [0, 0.05) is 31.0 Å². The van der Waals surface area contributed by atoms with Crippen molar-refractivity contribution >= 4 is 17.5 Å². The van der Waals surface area contributed by atoms with E-state index in [2.05, 4.69) is 25.5 Å². The fourth-order valence-electron chi connectivity index (χ4n) is 2.75. The van der Waals surface area contributed by atoms with Gasteiger partial charge in [-0.2, -0.15) is 0 Å². The largest absolute Gasteiger partial charge is 0.454 e. The summed E-state index contributed by atoms with van der Waals surface area (Å²) in [6.45, 7) is 3.41. The van der Waals surface area contributed by atoms with Gasteiger partial charge in [-0.05, 0) is 18.2 Å². The van der Waals surface area contributed by atoms with E-state index in [1.165, 1.54) is 0 Å². The molecule has 136 valence electrons. The third-order valence-corrected chi connectivity index (χ3v) is 4.06. The number of carbonyl (C=O) groups is 1. The number of fused-ring (bicyclic) bond motifs is 1. The molecule has 0 bridgehead atoms. The lowest BCUT2D eigenvalue weighted by Crippen LogP contribution is -2.37. The Morgan fingerprint density at radius 3 is 2.88 bits per heavy atom. The normalized spacial score (nSPS) is 15.6. The Kier molecular flexibility index (Phi) is 4.69. The highest BCUT2D eigenvalue weighted by Gasteiger charge is 2.15. The lowest BCUT2D eigenvalue weighted by molar-refractivity contribution is 0.122. The van der Waals surface area contributed by atoms with Gasteiger partial charge in [0.15, 0.2) is 11.5 Å². The summed E-state index contributed by atoms with van der Waals surface area (Å²) in [6.07, 6.45) is 1.70. The summed E-state index contributed by atoms with van der Waals surface area (Å²) >= 11 is 0. The Bertz CT molecular complexity index is 794. The van der Waals surface area contributed by atoms with Crippen molar-refractivity contribution in [2.24, 2.45) is 0 Å². The summed E-state index contributed by atoms with van der Waals surface area (Å²) in [4.78, 5) is 23.0. The number of amides is 2. The van der Waals surface area contributed by atoms with Gasteiger partial charge in [0.1, 0.15) is 11.6 Å². The molecule has 1 saturated heterocycles. The number of aromatic nitrogens is 2. The molecule has 0 radical (unpaired) electrons. The maximum atomic E-state index is 12.1. The number of nitrogens with zero attached hydrogens (tertiary/aromatic N) is 3. The molecule has 1 aromatic heterocycles. The zero-order valence-corrected chi connectivity index (χ0v) is 14.1. The summed E-state index contributed by atoms with van der Waals surface area (Å²) in [6, 6.07) is 6.75. The molecular formula is C17H19N5O4. The maximum Gasteiger partial charge on any atom is 0.319 e. The zero-order valence-electron chi connectivity index (χ0n) is 14.1. The molecule has 0 saturated carbocycles. The third-order valence-electron chi connectivity index (χ3n) is 4.06. The van der Waals surface area contributed by atoms with E-state index < -0.39 is 0 Å². The van der Waals surface area contributed by atoms with Gasteiger partial charge < -0.3 is 29.7 Å². The van der Waals surface area contributed by atoms with Crippen LogP contribution in [-0.2, 0) is 11.3 Å². The number of urea groups is 1. The first-order chi connectivity index (χ1) is 12.8. The molecule has 26 heavy (non-hydrogen) atoms. The minimum atomic E-state index is -0.343. The number of benzene rings is 1. The molecule has 2 aromatic rings. The number of nitrogens with one attached hydrogen (secondary N) is 2. The number of hydrogen-bond acceptors (Lipinski definition) is 7. The Morgan fingerprint density at radius 2 is 2.00 bits per heavy atom. The fourth-order valence-corrected chi connectivity index (χ4v) is 2.75. The predicted octanol–water partition coefficient (Wildman–Crippen LogP) is 1.36. The molecule has 2 N–H and O–H groups in total. The van der Waals surface area contributed by atoms with Crippen LogP contribution >= 0.6 is 0 Å². The molecule has 4 rings (SSSR count). The molecular weight excluding hydrogens is 338 g/mol. The monoisotopic (exact) mass is 357 g/mol. The first-order valence-corrected chi connectivity index (χ1v) is 8.37. The molecule has 0 aliphatic carbocycles. The van der Waals surface area contributed by atoms with E-state index in [4.69, 9.17) is 14.2 Å². The van der Waals surface area contributed by atoms with Crippen molar-refractivity contribution in [3.05, 3.63) is 36.3 Å². The van der Waals surface area contributed by atoms with Crippen molar-refractivity contribution in [2.45, 2.75) is 6.54 Å². The fraction of sp³-hybridized carbons (Fsp3) is 0.353. The van der Waals surface area contributed by atoms with Crippen molar-refractivity contribution < 1.29 is 19.0 Å². The van der Waals surface area contributed by atoms with Crippen LogP contribution in [0.25, 0.3) is 0 Å². The topological polar surface area (TPSA) is 97.8 Å². The van der Waals surface area contributed by atoms with Crippen LogP contribution in [-0.4, -0.2) is 49.1 Å². The second kappa shape index (κ2) is 7.44. The average molecular weight is 357 g/mol. The second-order valence-corrected chi connectivity index (χ2v) is 5.81. The van der Waals surface area contributed by atoms with Gasteiger partial charge in [-0.1, -0.05) is 0 Å². The van der Waals surface area contributed by atoms with Crippen molar-refractivity contribution in [1.82, 2.24) is 15.3 Å². The minimum absolute atomic E-state index is 0.196. The summed E-state index contributed by atoms with van der Waals surface area (Å²) in [5, 5.41) is 5.51. The Labute approximate surface area is 150 Å². The van der Waals surface area contributed by atoms with Gasteiger partial charge in [-0.15, -0.1) is 0 Å². The molecule has 3 heterocycles. The minimum Gasteiger partial charge on any atom is -0.454 e. The number of morpholine rings is 1. The quantitative estimate of drug-likeness (QED) is 0.853. The summed E-state index contributed by atoms with van der Waals surface area (Å²) in [5.74, 6) is 2.68. The zero-order chi connectivity index (χ0) is 17.8. The van der Waals surface area contributed by atoms with Gasteiger partial charge in [-0.25, -0.2) is 14.8 Å². The SMILES string of the molecule is O=C(NCc1nccc(N2CCOCC2)n1)Nc1ccc2c(c1)OCO2. The van der Waals surface area contributed by atoms with Crippen LogP contribution in [0, 0.1) is 0 Å². The highest BCUT2D eigenvalue weighted by Crippen LogP contribution is 2.34. The van der Waals surface area contributed by atoms with Crippen LogP contribution in [0.2, 0.25) is 0 Å². The van der Waals surface area contributed by atoms with Gasteiger partial charge in [0.2, 0.25) is 6.79 Å². The molecule has 2 aliphatic heterocycles. The van der Waals surface area contributed by atoms with Gasteiger partial charge in [-0.3, -0.25) is 0 Å². The van der Waals surface area contributed by atoms with Crippen LogP contribution in [0.5, 0.6) is 11.5 Å². The van der Waals surface area contributed by atoms with Crippen molar-refractivity contribution in [3.8, 4) is 11.5 Å². The Hall–Kier alpha value is -3.07. The van der Waals surface area contributed by atoms with E-state index in [1.807, 2.05) is 6.07 Å². The van der Waals surface area contributed by atoms with Crippen molar-refractivity contribution in [3.63, 3.8) is 0 Å². The standard InChI is InChI=1S/C17H19N5O4/c23-17(20-12-1-2-13-14(9-12)26-11-25-13)19-10-15-18-4-3-16(21-15)22-5-7-24-8-6-22/h1-4,9H,5-8,10-11H2,(H2,19,20,23). The number of ether oxygens (including phenoxy) is 3. The molecule has 9 nitrogen and oxygen atoms in total. The second-order valence-electron chi connectivity index (χ2n) is 5.81. The summed E-state index contributed by atoms with van der Waals surface area (Å²) < 4.78 is 15.9. The number of anilines is 2. The molecule has 0 spiro atoms. The first-order valence-electron chi connectivity index (χ1n) is 8.37. The molecule has 2 amide bonds. The van der Waals surface area contributed by atoms with E-state index in [1.54, 1.807) is 24.4 Å². The number of carbonyl (C=O) groups excluding carboxylic acids is 1. The smallest absolute Gasteiger partial charge is 0.319 e. The van der Waals surface area contributed by atoms with Crippen molar-refractivity contribution in [2.75, 3.05) is 43.3 Å². The highest BCUT2D eigenvalue weighted by atomic mass is 16.7. The summed E-state index contributed by atoms with van der Waals surface area (Å²) in [7, 11) is 0. The summed E-state index contributed by atoms with van der Waals surface area (Å²) in [5.41, 5.74) is 0.620. The number of hydrogen-bond donors (Lipinski definition) is 2. The predicted molar refractivity (Wildman–Crippen MR) is 93.5 cm³/mol. The first kappa shape index (κ1) is 16.4. The van der Waals surface area contributed by atoms with E-state index in [9.17, 15) is 4.79 Å². The molecule has 1 aromatic carbocycles. The van der Waals surface area contributed by atoms with Gasteiger partial charge >= 0.3 is 6.03 Å². The molecule has 1 fully saturated rings. The van der Waals surface area contributed by atoms with Crippen LogP contribution < -0.4 is 25.0 Å². The molecule has 2 aliphatic rings. The van der Waals surface area contributed by atoms with Crippen LogP contribution in [0.1, 0.15) is 5.82 Å². The van der Waals surface area contributed by atoms with Gasteiger partial charge in [0.25, 0.3) is 0 Å². The lowest BCUT2D eigenvalue weighted by Gasteiger charge is -2.27. The molecule has 0 unspecified atom stereocenters. The van der Waals surface area contributed by atoms with Crippen molar-refractivity contribution in [1.29, 1.82) is 0 Å². The maximum absolute atomic E-state index is 12.1. The average Bonchev–Trinajstić information content (AvgIpc) is 3.15.